The Hall–Kier alpha value is -3.45. The Balaban J connectivity index is 1.18. The van der Waals surface area contributed by atoms with E-state index in [1.165, 1.54) is 32.2 Å². The molecule has 56 heavy (non-hydrogen) atoms. The average Bonchev–Trinajstić information content (AvgIpc) is 3.17. The second kappa shape index (κ2) is 17.2. The zero-order valence-corrected chi connectivity index (χ0v) is 30.3. The Labute approximate surface area is 319 Å². The monoisotopic (exact) mass is 800 g/mol. The SMILES string of the molecule is COc1ccc(C2CC(=O)c3c(O)cc(O[C@@H]4OC[C@](COC[C@H]5OC(CO)[C@@H](O)[C@@H](O)C5O)(CO[C@@H]5OC(C)[C@H](O)[C@H](O)C5O)[C@@H](O)C4O)cc3O2)cc1O. The van der Waals surface area contributed by atoms with E-state index >= 15 is 0 Å². The van der Waals surface area contributed by atoms with Gasteiger partial charge in [-0.1, -0.05) is 6.07 Å². The van der Waals surface area contributed by atoms with Crippen LogP contribution in [0.15, 0.2) is 30.3 Å². The van der Waals surface area contributed by atoms with Gasteiger partial charge in [0.05, 0.1) is 64.2 Å². The van der Waals surface area contributed by atoms with Crippen LogP contribution in [-0.2, 0) is 23.7 Å². The van der Waals surface area contributed by atoms with Crippen LogP contribution in [-0.4, -0.2) is 182 Å². The van der Waals surface area contributed by atoms with Gasteiger partial charge in [-0.05, 0) is 24.6 Å². The Bertz CT molecular complexity index is 1680. The number of carbonyl (C=O) groups is 1. The molecule has 11 N–H and O–H groups in total. The second-order valence-corrected chi connectivity index (χ2v) is 14.5. The summed E-state index contributed by atoms with van der Waals surface area (Å²) in [7, 11) is 1.38. The standard InChI is InChI=1S/C36H48O20/c1-14-26(41)29(44)31(46)34(53-14)51-12-36(11-50-10-24-28(43)30(45)27(42)23(9-37)56-24)13-52-35(32(47)33(36)48)54-16-6-18(39)25-19(40)8-21(55-22(25)7-16)15-3-4-20(49-2)17(38)5-15/h3-7,14,21,23-24,26-35,37-39,41-48H,8-13H2,1-2H3/t14?,21?,23?,24-,26+,27-,28?,29+,30-,31?,32?,33+,34-,35+,36+/m1/s1. The van der Waals surface area contributed by atoms with E-state index in [-0.39, 0.29) is 35.0 Å². The lowest BCUT2D eigenvalue weighted by Gasteiger charge is -2.47. The van der Waals surface area contributed by atoms with E-state index in [2.05, 4.69) is 0 Å². The number of hydrogen-bond donors (Lipinski definition) is 11. The molecule has 6 rings (SSSR count). The van der Waals surface area contributed by atoms with Crippen molar-refractivity contribution < 1.29 is 98.9 Å². The summed E-state index contributed by atoms with van der Waals surface area (Å²) < 4.78 is 45.4. The molecule has 3 fully saturated rings. The highest BCUT2D eigenvalue weighted by Crippen LogP contribution is 2.44. The molecule has 0 bridgehead atoms. The Morgan fingerprint density at radius 2 is 1.52 bits per heavy atom. The number of phenolic OH excluding ortho intramolecular Hbond substituents is 2. The van der Waals surface area contributed by atoms with Crippen LogP contribution in [0.2, 0.25) is 0 Å². The van der Waals surface area contributed by atoms with E-state index in [4.69, 9.17) is 37.9 Å². The zero-order chi connectivity index (χ0) is 40.6. The number of fused-ring (bicyclic) bond motifs is 1. The Morgan fingerprint density at radius 3 is 2.21 bits per heavy atom. The molecule has 15 atom stereocenters. The number of aliphatic hydroxyl groups excluding tert-OH is 9. The smallest absolute Gasteiger partial charge is 0.228 e. The molecular weight excluding hydrogens is 752 g/mol. The molecule has 4 heterocycles. The van der Waals surface area contributed by atoms with Gasteiger partial charge < -0.3 is 94.1 Å². The third-order valence-electron chi connectivity index (χ3n) is 10.6. The molecule has 0 spiro atoms. The summed E-state index contributed by atoms with van der Waals surface area (Å²) in [6.45, 7) is -1.26. The average molecular weight is 801 g/mol. The van der Waals surface area contributed by atoms with Gasteiger partial charge in [-0.25, -0.2) is 0 Å². The van der Waals surface area contributed by atoms with Crippen LogP contribution in [0.5, 0.6) is 28.7 Å². The third kappa shape index (κ3) is 8.26. The molecule has 0 saturated carbocycles. The van der Waals surface area contributed by atoms with Crippen LogP contribution in [0.4, 0.5) is 0 Å². The van der Waals surface area contributed by atoms with Crippen LogP contribution in [0.1, 0.15) is 35.4 Å². The van der Waals surface area contributed by atoms with Gasteiger partial charge in [0.1, 0.15) is 83.9 Å². The summed E-state index contributed by atoms with van der Waals surface area (Å²) in [5, 5.41) is 115. The van der Waals surface area contributed by atoms with Gasteiger partial charge in [0, 0.05) is 12.1 Å². The summed E-state index contributed by atoms with van der Waals surface area (Å²) in [4.78, 5) is 13.1. The summed E-state index contributed by atoms with van der Waals surface area (Å²) in [5.74, 6) is -1.13. The lowest BCUT2D eigenvalue weighted by atomic mass is 9.79. The number of phenols is 2. The molecule has 0 radical (unpaired) electrons. The maximum Gasteiger partial charge on any atom is 0.228 e. The first-order chi connectivity index (χ1) is 26.6. The van der Waals surface area contributed by atoms with E-state index in [0.717, 1.165) is 6.07 Å². The van der Waals surface area contributed by atoms with Crippen LogP contribution in [0.3, 0.4) is 0 Å². The number of aromatic hydroxyl groups is 2. The first-order valence-corrected chi connectivity index (χ1v) is 17.9. The van der Waals surface area contributed by atoms with Gasteiger partial charge in [0.2, 0.25) is 6.29 Å². The fourth-order valence-electron chi connectivity index (χ4n) is 7.15. The summed E-state index contributed by atoms with van der Waals surface area (Å²) >= 11 is 0. The zero-order valence-electron chi connectivity index (χ0n) is 30.3. The molecular formula is C36H48O20. The van der Waals surface area contributed by atoms with Gasteiger partial charge in [-0.3, -0.25) is 4.79 Å². The van der Waals surface area contributed by atoms with Crippen molar-refractivity contribution >= 4 is 5.78 Å². The number of Topliss-reactive ketones (excluding diaryl/α,β-unsaturated/α-hetero) is 1. The number of aliphatic hydroxyl groups is 9. The number of hydrogen-bond acceptors (Lipinski definition) is 20. The summed E-state index contributed by atoms with van der Waals surface area (Å²) in [6, 6.07) is 6.86. The number of benzene rings is 2. The second-order valence-electron chi connectivity index (χ2n) is 14.5. The Kier molecular flexibility index (Phi) is 12.9. The van der Waals surface area contributed by atoms with Crippen LogP contribution < -0.4 is 14.2 Å². The van der Waals surface area contributed by atoms with Gasteiger partial charge >= 0.3 is 0 Å². The maximum atomic E-state index is 13.1. The fraction of sp³-hybridized carbons (Fsp3) is 0.639. The Morgan fingerprint density at radius 1 is 0.804 bits per heavy atom. The fourth-order valence-corrected chi connectivity index (χ4v) is 7.15. The van der Waals surface area contributed by atoms with Crippen molar-refractivity contribution in [1.29, 1.82) is 0 Å². The third-order valence-corrected chi connectivity index (χ3v) is 10.6. The van der Waals surface area contributed by atoms with Crippen molar-refractivity contribution in [2.45, 2.75) is 99.2 Å². The van der Waals surface area contributed by atoms with E-state index < -0.39 is 136 Å². The van der Waals surface area contributed by atoms with E-state index in [0.29, 0.717) is 5.56 Å². The quantitative estimate of drug-likeness (QED) is 0.102. The molecule has 20 nitrogen and oxygen atoms in total. The molecule has 4 aliphatic rings. The van der Waals surface area contributed by atoms with E-state index in [9.17, 15) is 61.0 Å². The molecule has 312 valence electrons. The van der Waals surface area contributed by atoms with Gasteiger partial charge in [0.25, 0.3) is 0 Å². The number of rotatable bonds is 12. The van der Waals surface area contributed by atoms with Crippen LogP contribution in [0.25, 0.3) is 0 Å². The summed E-state index contributed by atoms with van der Waals surface area (Å²) in [6.07, 6.45) is -21.0. The van der Waals surface area contributed by atoms with Gasteiger partial charge in [0.15, 0.2) is 23.6 Å². The predicted molar refractivity (Wildman–Crippen MR) is 183 cm³/mol. The molecule has 0 aromatic heterocycles. The van der Waals surface area contributed by atoms with Crippen molar-refractivity contribution in [2.24, 2.45) is 5.41 Å². The summed E-state index contributed by atoms with van der Waals surface area (Å²) in [5.41, 5.74) is -1.38. The maximum absolute atomic E-state index is 13.1. The topological polar surface area (TPSA) is 313 Å². The molecule has 0 aliphatic carbocycles. The molecule has 20 heteroatoms. The number of methoxy groups -OCH3 is 1. The molecule has 6 unspecified atom stereocenters. The van der Waals surface area contributed by atoms with Gasteiger partial charge in [-0.15, -0.1) is 0 Å². The van der Waals surface area contributed by atoms with Crippen molar-refractivity contribution in [3.63, 3.8) is 0 Å². The highest BCUT2D eigenvalue weighted by molar-refractivity contribution is 6.02. The minimum Gasteiger partial charge on any atom is -0.507 e. The van der Waals surface area contributed by atoms with Crippen molar-refractivity contribution in [1.82, 2.24) is 0 Å². The first-order valence-electron chi connectivity index (χ1n) is 17.9. The minimum atomic E-state index is -1.87. The van der Waals surface area contributed by atoms with Crippen molar-refractivity contribution in [3.05, 3.63) is 41.5 Å². The molecule has 2 aromatic rings. The van der Waals surface area contributed by atoms with Crippen molar-refractivity contribution in [2.75, 3.05) is 40.1 Å². The predicted octanol–water partition coefficient (Wildman–Crippen LogP) is -3.04. The highest BCUT2D eigenvalue weighted by atomic mass is 16.7. The van der Waals surface area contributed by atoms with Gasteiger partial charge in [-0.2, -0.15) is 0 Å². The number of ketones is 1. The normalized spacial score (nSPS) is 38.7. The molecule has 0 amide bonds. The molecule has 3 saturated heterocycles. The van der Waals surface area contributed by atoms with Crippen LogP contribution in [0, 0.1) is 5.41 Å². The number of ether oxygens (including phenoxy) is 8. The lowest BCUT2D eigenvalue weighted by Crippen LogP contribution is -2.63. The first kappa shape index (κ1) is 42.2. The van der Waals surface area contributed by atoms with E-state index in [1.807, 2.05) is 0 Å². The van der Waals surface area contributed by atoms with E-state index in [1.54, 1.807) is 6.07 Å². The molecule has 4 aliphatic heterocycles. The molecule has 2 aromatic carbocycles. The lowest BCUT2D eigenvalue weighted by molar-refractivity contribution is -0.321. The largest absolute Gasteiger partial charge is 0.507 e. The minimum absolute atomic E-state index is 0.0701. The van der Waals surface area contributed by atoms with Crippen LogP contribution >= 0.6 is 0 Å². The highest BCUT2D eigenvalue weighted by Gasteiger charge is 2.53. The number of carbonyl (C=O) groups excluding carboxylic acids is 1. The van der Waals surface area contributed by atoms with Crippen molar-refractivity contribution in [3.8, 4) is 28.7 Å².